The van der Waals surface area contributed by atoms with Crippen molar-refractivity contribution in [2.24, 2.45) is 0 Å². The van der Waals surface area contributed by atoms with Crippen LogP contribution in [0.1, 0.15) is 15.9 Å². The van der Waals surface area contributed by atoms with Gasteiger partial charge < -0.3 is 9.47 Å². The molecular weight excluding hydrogens is 242 g/mol. The highest BCUT2D eigenvalue weighted by Crippen LogP contribution is 2.33. The Labute approximate surface area is 112 Å². The molecule has 0 aliphatic heterocycles. The summed E-state index contributed by atoms with van der Waals surface area (Å²) in [6.07, 6.45) is 2.41. The summed E-state index contributed by atoms with van der Waals surface area (Å²) in [7, 11) is 3.22. The first-order chi connectivity index (χ1) is 9.19. The highest BCUT2D eigenvalue weighted by Gasteiger charge is 2.10. The van der Waals surface area contributed by atoms with Crippen LogP contribution >= 0.6 is 0 Å². The number of ether oxygens (including phenoxy) is 2. The van der Waals surface area contributed by atoms with Gasteiger partial charge in [0.1, 0.15) is 17.8 Å². The average molecular weight is 257 g/mol. The molecule has 19 heavy (non-hydrogen) atoms. The summed E-state index contributed by atoms with van der Waals surface area (Å²) in [6, 6.07) is 7.17. The smallest absolute Gasteiger partial charge is 0.150 e. The topological polar surface area (TPSA) is 48.4 Å². The molecule has 1 aromatic heterocycles. The molecule has 2 aromatic rings. The molecule has 0 aliphatic rings. The van der Waals surface area contributed by atoms with E-state index in [-0.39, 0.29) is 0 Å². The monoisotopic (exact) mass is 257 g/mol. The van der Waals surface area contributed by atoms with Gasteiger partial charge in [0, 0.05) is 22.9 Å². The van der Waals surface area contributed by atoms with E-state index in [1.165, 1.54) is 0 Å². The summed E-state index contributed by atoms with van der Waals surface area (Å²) < 4.78 is 10.7. The second kappa shape index (κ2) is 5.52. The van der Waals surface area contributed by atoms with E-state index in [0.717, 1.165) is 28.9 Å². The maximum Gasteiger partial charge on any atom is 0.150 e. The van der Waals surface area contributed by atoms with Gasteiger partial charge in [-0.3, -0.25) is 9.78 Å². The van der Waals surface area contributed by atoms with Gasteiger partial charge in [0.25, 0.3) is 0 Å². The van der Waals surface area contributed by atoms with Crippen LogP contribution in [0.25, 0.3) is 11.3 Å². The molecule has 4 nitrogen and oxygen atoms in total. The third-order valence-corrected chi connectivity index (χ3v) is 2.97. The minimum Gasteiger partial charge on any atom is -0.496 e. The van der Waals surface area contributed by atoms with E-state index in [4.69, 9.17) is 9.47 Å². The number of nitrogens with zero attached hydrogens (tertiary/aromatic N) is 1. The molecule has 0 atom stereocenters. The molecule has 0 saturated heterocycles. The second-order valence-electron chi connectivity index (χ2n) is 4.10. The molecule has 0 bridgehead atoms. The highest BCUT2D eigenvalue weighted by molar-refractivity contribution is 5.78. The summed E-state index contributed by atoms with van der Waals surface area (Å²) >= 11 is 0. The Morgan fingerprint density at radius 2 is 1.74 bits per heavy atom. The highest BCUT2D eigenvalue weighted by atomic mass is 16.5. The average Bonchev–Trinajstić information content (AvgIpc) is 2.47. The number of methoxy groups -OCH3 is 2. The van der Waals surface area contributed by atoms with Gasteiger partial charge in [-0.15, -0.1) is 0 Å². The lowest BCUT2D eigenvalue weighted by Gasteiger charge is -2.12. The number of pyridine rings is 1. The third-order valence-electron chi connectivity index (χ3n) is 2.97. The van der Waals surface area contributed by atoms with Crippen LogP contribution in [-0.2, 0) is 0 Å². The second-order valence-corrected chi connectivity index (χ2v) is 4.10. The first-order valence-corrected chi connectivity index (χ1v) is 5.83. The molecule has 0 fully saturated rings. The molecule has 0 unspecified atom stereocenters. The number of carbonyl (C=O) groups is 1. The maximum absolute atomic E-state index is 10.8. The van der Waals surface area contributed by atoms with Crippen LogP contribution in [0.15, 0.2) is 30.5 Å². The lowest BCUT2D eigenvalue weighted by molar-refractivity contribution is 0.112. The van der Waals surface area contributed by atoms with Gasteiger partial charge in [-0.25, -0.2) is 0 Å². The van der Waals surface area contributed by atoms with Crippen LogP contribution in [0.2, 0.25) is 0 Å². The zero-order valence-corrected chi connectivity index (χ0v) is 11.1. The summed E-state index contributed by atoms with van der Waals surface area (Å²) in [4.78, 5) is 15.1. The number of aromatic nitrogens is 1. The van der Waals surface area contributed by atoms with Crippen molar-refractivity contribution >= 4 is 6.29 Å². The van der Waals surface area contributed by atoms with Gasteiger partial charge in [0.15, 0.2) is 0 Å². The van der Waals surface area contributed by atoms with Gasteiger partial charge in [0.2, 0.25) is 0 Å². The lowest BCUT2D eigenvalue weighted by atomic mass is 10.1. The number of hydrogen-bond acceptors (Lipinski definition) is 4. The van der Waals surface area contributed by atoms with Crippen molar-refractivity contribution in [3.05, 3.63) is 41.6 Å². The number of aldehydes is 1. The van der Waals surface area contributed by atoms with Crippen LogP contribution in [-0.4, -0.2) is 25.5 Å². The van der Waals surface area contributed by atoms with Crippen molar-refractivity contribution in [3.63, 3.8) is 0 Å². The first kappa shape index (κ1) is 13.1. The van der Waals surface area contributed by atoms with Crippen LogP contribution < -0.4 is 9.47 Å². The predicted molar refractivity (Wildman–Crippen MR) is 72.9 cm³/mol. The molecule has 1 heterocycles. The van der Waals surface area contributed by atoms with Crippen LogP contribution in [0, 0.1) is 6.92 Å². The van der Waals surface area contributed by atoms with Crippen molar-refractivity contribution in [3.8, 4) is 22.8 Å². The molecule has 0 N–H and O–H groups in total. The fourth-order valence-corrected chi connectivity index (χ4v) is 1.91. The minimum atomic E-state index is 0.587. The van der Waals surface area contributed by atoms with Crippen molar-refractivity contribution in [1.82, 2.24) is 4.98 Å². The van der Waals surface area contributed by atoms with Crippen molar-refractivity contribution in [1.29, 1.82) is 0 Å². The van der Waals surface area contributed by atoms with E-state index in [9.17, 15) is 4.79 Å². The predicted octanol–water partition coefficient (Wildman–Crippen LogP) is 2.89. The number of rotatable bonds is 4. The quantitative estimate of drug-likeness (QED) is 0.790. The molecule has 0 spiro atoms. The Bertz CT molecular complexity index is 583. The van der Waals surface area contributed by atoms with Crippen LogP contribution in [0.5, 0.6) is 11.5 Å². The molecule has 0 aliphatic carbocycles. The van der Waals surface area contributed by atoms with Crippen LogP contribution in [0.4, 0.5) is 0 Å². The molecule has 2 rings (SSSR count). The lowest BCUT2D eigenvalue weighted by Crippen LogP contribution is -1.95. The molecule has 0 amide bonds. The van der Waals surface area contributed by atoms with E-state index < -0.39 is 0 Å². The zero-order valence-electron chi connectivity index (χ0n) is 11.1. The fourth-order valence-electron chi connectivity index (χ4n) is 1.91. The third kappa shape index (κ3) is 2.57. The molecule has 1 aromatic carbocycles. The van der Waals surface area contributed by atoms with E-state index >= 15 is 0 Å². The number of hydrogen-bond donors (Lipinski definition) is 0. The summed E-state index contributed by atoms with van der Waals surface area (Å²) in [5.41, 5.74) is 3.08. The van der Waals surface area contributed by atoms with Crippen LogP contribution in [0.3, 0.4) is 0 Å². The molecule has 0 saturated carbocycles. The molecule has 98 valence electrons. The summed E-state index contributed by atoms with van der Waals surface area (Å²) in [5, 5.41) is 0. The number of carbonyl (C=O) groups excluding carboxylic acids is 1. The molecular formula is C15H15NO3. The van der Waals surface area contributed by atoms with E-state index in [2.05, 4.69) is 4.98 Å². The molecule has 4 heteroatoms. The zero-order chi connectivity index (χ0) is 13.8. The SMILES string of the molecule is COc1cc(-c2cc(C=O)ccn2)cc(OC)c1C. The Balaban J connectivity index is 2.58. The Hall–Kier alpha value is -2.36. The van der Waals surface area contributed by atoms with Gasteiger partial charge in [-0.1, -0.05) is 0 Å². The number of benzene rings is 1. The van der Waals surface area contributed by atoms with E-state index in [1.807, 2.05) is 19.1 Å². The van der Waals surface area contributed by atoms with E-state index in [1.54, 1.807) is 32.5 Å². The molecule has 0 radical (unpaired) electrons. The van der Waals surface area contributed by atoms with Gasteiger partial charge in [-0.2, -0.15) is 0 Å². The van der Waals surface area contributed by atoms with Crippen molar-refractivity contribution in [2.45, 2.75) is 6.92 Å². The minimum absolute atomic E-state index is 0.587. The first-order valence-electron chi connectivity index (χ1n) is 5.83. The van der Waals surface area contributed by atoms with Crippen molar-refractivity contribution in [2.75, 3.05) is 14.2 Å². The fraction of sp³-hybridized carbons (Fsp3) is 0.200. The summed E-state index contributed by atoms with van der Waals surface area (Å²) in [5.74, 6) is 1.46. The van der Waals surface area contributed by atoms with Gasteiger partial charge >= 0.3 is 0 Å². The van der Waals surface area contributed by atoms with Crippen molar-refractivity contribution < 1.29 is 14.3 Å². The normalized spacial score (nSPS) is 10.1. The summed E-state index contributed by atoms with van der Waals surface area (Å²) in [6.45, 7) is 1.93. The standard InChI is InChI=1S/C15H15NO3/c1-10-14(18-2)7-12(8-15(10)19-3)13-6-11(9-17)4-5-16-13/h4-9H,1-3H3. The van der Waals surface area contributed by atoms with Gasteiger partial charge in [0.05, 0.1) is 19.9 Å². The Kier molecular flexibility index (Phi) is 3.80. The maximum atomic E-state index is 10.8. The Morgan fingerprint density at radius 3 is 2.26 bits per heavy atom. The Morgan fingerprint density at radius 1 is 1.11 bits per heavy atom. The van der Waals surface area contributed by atoms with Gasteiger partial charge in [-0.05, 0) is 31.2 Å². The van der Waals surface area contributed by atoms with E-state index in [0.29, 0.717) is 11.3 Å². The largest absolute Gasteiger partial charge is 0.496 e.